The molecule has 1 aromatic rings. The van der Waals surface area contributed by atoms with E-state index >= 15 is 0 Å². The quantitative estimate of drug-likeness (QED) is 0.652. The molecule has 0 aliphatic carbocycles. The lowest BCUT2D eigenvalue weighted by atomic mass is 10.4. The molecular weight excluding hydrogens is 244 g/mol. The molecule has 0 unspecified atom stereocenters. The highest BCUT2D eigenvalue weighted by molar-refractivity contribution is 5.42. The Hall–Kier alpha value is -1.63. The molecule has 108 valence electrons. The molecule has 0 radical (unpaired) electrons. The van der Waals surface area contributed by atoms with Crippen LogP contribution in [0.25, 0.3) is 0 Å². The monoisotopic (exact) mass is 268 g/mol. The summed E-state index contributed by atoms with van der Waals surface area (Å²) in [6, 6.07) is 0. The van der Waals surface area contributed by atoms with Crippen LogP contribution >= 0.6 is 0 Å². The first kappa shape index (κ1) is 15.4. The minimum Gasteiger partial charge on any atom is -0.385 e. The van der Waals surface area contributed by atoms with E-state index < -0.39 is 0 Å². The van der Waals surface area contributed by atoms with E-state index in [1.807, 2.05) is 19.0 Å². The molecule has 0 spiro atoms. The molecule has 0 aliphatic rings. The van der Waals surface area contributed by atoms with Gasteiger partial charge in [-0.1, -0.05) is 6.92 Å². The van der Waals surface area contributed by atoms with Gasteiger partial charge in [0.2, 0.25) is 17.8 Å². The zero-order chi connectivity index (χ0) is 14.1. The topological polar surface area (TPSA) is 75.2 Å². The minimum absolute atomic E-state index is 0.591. The van der Waals surface area contributed by atoms with Gasteiger partial charge >= 0.3 is 0 Å². The van der Waals surface area contributed by atoms with Crippen molar-refractivity contribution in [2.45, 2.75) is 19.8 Å². The van der Waals surface area contributed by atoms with Crippen LogP contribution in [0.3, 0.4) is 0 Å². The van der Waals surface area contributed by atoms with E-state index in [2.05, 4.69) is 32.5 Å². The summed E-state index contributed by atoms with van der Waals surface area (Å²) < 4.78 is 5.00. The van der Waals surface area contributed by atoms with Gasteiger partial charge in [-0.3, -0.25) is 0 Å². The number of anilines is 3. The Labute approximate surface area is 114 Å². The summed E-state index contributed by atoms with van der Waals surface area (Å²) >= 11 is 0. The van der Waals surface area contributed by atoms with Gasteiger partial charge in [0, 0.05) is 40.9 Å². The summed E-state index contributed by atoms with van der Waals surface area (Å²) in [5.41, 5.74) is 0. The lowest BCUT2D eigenvalue weighted by Crippen LogP contribution is -2.18. The minimum atomic E-state index is 0.591. The Kier molecular flexibility index (Phi) is 6.88. The molecule has 0 aromatic carbocycles. The van der Waals surface area contributed by atoms with Crippen molar-refractivity contribution in [2.24, 2.45) is 0 Å². The number of ether oxygens (including phenoxy) is 1. The van der Waals surface area contributed by atoms with Gasteiger partial charge in [0.25, 0.3) is 0 Å². The van der Waals surface area contributed by atoms with Gasteiger partial charge in [-0.05, 0) is 12.8 Å². The summed E-state index contributed by atoms with van der Waals surface area (Å²) in [5.74, 6) is 1.84. The number of rotatable bonds is 9. The van der Waals surface area contributed by atoms with E-state index in [4.69, 9.17) is 4.74 Å². The second-order valence-corrected chi connectivity index (χ2v) is 4.38. The molecule has 1 heterocycles. The van der Waals surface area contributed by atoms with Crippen molar-refractivity contribution < 1.29 is 4.74 Å². The van der Waals surface area contributed by atoms with E-state index in [0.717, 1.165) is 32.5 Å². The van der Waals surface area contributed by atoms with Crippen molar-refractivity contribution in [1.29, 1.82) is 0 Å². The molecule has 7 heteroatoms. The maximum atomic E-state index is 5.00. The predicted molar refractivity (Wildman–Crippen MR) is 77.9 cm³/mol. The van der Waals surface area contributed by atoms with Crippen LogP contribution in [-0.2, 0) is 4.74 Å². The van der Waals surface area contributed by atoms with Crippen molar-refractivity contribution in [3.8, 4) is 0 Å². The van der Waals surface area contributed by atoms with E-state index in [0.29, 0.717) is 17.8 Å². The van der Waals surface area contributed by atoms with Crippen molar-refractivity contribution in [1.82, 2.24) is 15.0 Å². The third-order valence-corrected chi connectivity index (χ3v) is 2.37. The molecule has 2 N–H and O–H groups in total. The van der Waals surface area contributed by atoms with Crippen LogP contribution in [0.4, 0.5) is 17.8 Å². The van der Waals surface area contributed by atoms with Crippen molar-refractivity contribution in [3.05, 3.63) is 0 Å². The van der Waals surface area contributed by atoms with Crippen molar-refractivity contribution in [2.75, 3.05) is 56.4 Å². The maximum absolute atomic E-state index is 5.00. The van der Waals surface area contributed by atoms with E-state index in [-0.39, 0.29) is 0 Å². The van der Waals surface area contributed by atoms with Crippen LogP contribution < -0.4 is 15.5 Å². The Balaban J connectivity index is 2.69. The Bertz CT molecular complexity index is 371. The van der Waals surface area contributed by atoms with Gasteiger partial charge in [0.15, 0.2) is 0 Å². The summed E-state index contributed by atoms with van der Waals surface area (Å²) in [7, 11) is 5.52. The van der Waals surface area contributed by atoms with Gasteiger partial charge in [-0.15, -0.1) is 0 Å². The van der Waals surface area contributed by atoms with E-state index in [9.17, 15) is 0 Å². The van der Waals surface area contributed by atoms with E-state index in [1.165, 1.54) is 0 Å². The Morgan fingerprint density at radius 1 is 1.05 bits per heavy atom. The molecule has 1 rings (SSSR count). The average molecular weight is 268 g/mol. The van der Waals surface area contributed by atoms with Crippen molar-refractivity contribution >= 4 is 17.8 Å². The number of hydrogen-bond donors (Lipinski definition) is 2. The molecular formula is C12H24N6O. The average Bonchev–Trinajstić information content (AvgIpc) is 2.41. The standard InChI is InChI=1S/C12H24N6O/c1-5-7-13-10-15-11(14-8-6-9-19-4)17-12(16-10)18(2)3/h5-9H2,1-4H3,(H2,13,14,15,16,17). The highest BCUT2D eigenvalue weighted by Crippen LogP contribution is 2.11. The number of aromatic nitrogens is 3. The number of nitrogens with one attached hydrogen (secondary N) is 2. The fourth-order valence-corrected chi connectivity index (χ4v) is 1.38. The fraction of sp³-hybridized carbons (Fsp3) is 0.750. The smallest absolute Gasteiger partial charge is 0.231 e. The zero-order valence-electron chi connectivity index (χ0n) is 12.2. The van der Waals surface area contributed by atoms with Crippen molar-refractivity contribution in [3.63, 3.8) is 0 Å². The summed E-state index contributed by atoms with van der Waals surface area (Å²) in [6.45, 7) is 4.45. The zero-order valence-corrected chi connectivity index (χ0v) is 12.2. The lowest BCUT2D eigenvalue weighted by molar-refractivity contribution is 0.197. The molecule has 7 nitrogen and oxygen atoms in total. The molecule has 0 bridgehead atoms. The first-order valence-corrected chi connectivity index (χ1v) is 6.57. The molecule has 0 atom stereocenters. The molecule has 0 fully saturated rings. The summed E-state index contributed by atoms with van der Waals surface area (Å²) in [4.78, 5) is 14.9. The van der Waals surface area contributed by atoms with Gasteiger partial charge in [-0.25, -0.2) is 0 Å². The van der Waals surface area contributed by atoms with Crippen LogP contribution in [0.1, 0.15) is 19.8 Å². The Morgan fingerprint density at radius 3 is 2.21 bits per heavy atom. The van der Waals surface area contributed by atoms with Gasteiger partial charge < -0.3 is 20.3 Å². The highest BCUT2D eigenvalue weighted by Gasteiger charge is 2.07. The summed E-state index contributed by atoms with van der Waals surface area (Å²) in [5, 5.41) is 6.36. The molecule has 0 aliphatic heterocycles. The largest absolute Gasteiger partial charge is 0.385 e. The van der Waals surface area contributed by atoms with Gasteiger partial charge in [0.05, 0.1) is 0 Å². The third kappa shape index (κ3) is 5.69. The number of methoxy groups -OCH3 is 1. The van der Waals surface area contributed by atoms with Crippen LogP contribution in [0, 0.1) is 0 Å². The Morgan fingerprint density at radius 2 is 1.68 bits per heavy atom. The number of hydrogen-bond acceptors (Lipinski definition) is 7. The van der Waals surface area contributed by atoms with Gasteiger partial charge in [0.1, 0.15) is 0 Å². The molecule has 0 saturated carbocycles. The van der Waals surface area contributed by atoms with Crippen LogP contribution in [0.5, 0.6) is 0 Å². The molecule has 1 aromatic heterocycles. The second-order valence-electron chi connectivity index (χ2n) is 4.38. The SMILES string of the molecule is CCCNc1nc(NCCCOC)nc(N(C)C)n1. The first-order chi connectivity index (χ1) is 9.17. The second kappa shape index (κ2) is 8.47. The normalized spacial score (nSPS) is 10.3. The first-order valence-electron chi connectivity index (χ1n) is 6.57. The van der Waals surface area contributed by atoms with Crippen LogP contribution in [0.2, 0.25) is 0 Å². The van der Waals surface area contributed by atoms with E-state index in [1.54, 1.807) is 7.11 Å². The summed E-state index contributed by atoms with van der Waals surface area (Å²) in [6.07, 6.45) is 1.94. The number of nitrogens with zero attached hydrogens (tertiary/aromatic N) is 4. The highest BCUT2D eigenvalue weighted by atomic mass is 16.5. The van der Waals surface area contributed by atoms with Crippen LogP contribution in [0.15, 0.2) is 0 Å². The van der Waals surface area contributed by atoms with Crippen LogP contribution in [-0.4, -0.2) is 55.9 Å². The molecule has 0 saturated heterocycles. The third-order valence-electron chi connectivity index (χ3n) is 2.37. The molecule has 19 heavy (non-hydrogen) atoms. The van der Waals surface area contributed by atoms with Gasteiger partial charge in [-0.2, -0.15) is 15.0 Å². The lowest BCUT2D eigenvalue weighted by Gasteiger charge is -2.14. The fourth-order valence-electron chi connectivity index (χ4n) is 1.38. The predicted octanol–water partition coefficient (Wildman–Crippen LogP) is 1.21. The molecule has 0 amide bonds. The maximum Gasteiger partial charge on any atom is 0.231 e.